The number of likely N-dealkylation sites (tertiary alicyclic amines) is 1. The van der Waals surface area contributed by atoms with Crippen molar-refractivity contribution >= 4 is 25.9 Å². The minimum Gasteiger partial charge on any atom is -0.540 e. The molecule has 1 heterocycles. The molecular formula is C24H36N2O7Si. The van der Waals surface area contributed by atoms with Crippen molar-refractivity contribution in [2.75, 3.05) is 13.7 Å². The Kier molecular flexibility index (Phi) is 8.52. The number of benzene rings is 1. The molecule has 0 aromatic heterocycles. The number of nitrogens with zero attached hydrogens (tertiary/aromatic N) is 2. The Bertz CT molecular complexity index is 966. The zero-order valence-corrected chi connectivity index (χ0v) is 22.2. The Morgan fingerprint density at radius 2 is 1.71 bits per heavy atom. The third kappa shape index (κ3) is 4.96. The molecule has 10 heteroatoms. The van der Waals surface area contributed by atoms with Gasteiger partial charge in [-0.25, -0.2) is 4.79 Å². The van der Waals surface area contributed by atoms with Crippen molar-refractivity contribution in [2.24, 2.45) is 0 Å². The van der Waals surface area contributed by atoms with E-state index in [2.05, 4.69) is 41.5 Å². The SMILES string of the molecule is C/C=C1\CC(C(=O)O)N(C(=O)c2cc(OC)c(O[Si](C(C)C)(C(C)C)C(C)C)cc2[N+](=O)[O-])C1. The first-order valence-corrected chi connectivity index (χ1v) is 13.7. The Labute approximate surface area is 202 Å². The van der Waals surface area contributed by atoms with Gasteiger partial charge in [-0.1, -0.05) is 53.2 Å². The molecule has 2 rings (SSSR count). The van der Waals surface area contributed by atoms with E-state index >= 15 is 0 Å². The predicted molar refractivity (Wildman–Crippen MR) is 132 cm³/mol. The number of methoxy groups -OCH3 is 1. The van der Waals surface area contributed by atoms with Gasteiger partial charge in [0.05, 0.1) is 18.1 Å². The van der Waals surface area contributed by atoms with Crippen molar-refractivity contribution < 1.29 is 28.8 Å². The number of aliphatic carboxylic acids is 1. The Balaban J connectivity index is 2.65. The molecule has 188 valence electrons. The smallest absolute Gasteiger partial charge is 0.326 e. The van der Waals surface area contributed by atoms with Crippen LogP contribution >= 0.6 is 0 Å². The Morgan fingerprint density at radius 1 is 1.15 bits per heavy atom. The molecular weight excluding hydrogens is 456 g/mol. The number of nitro benzene ring substituents is 1. The van der Waals surface area contributed by atoms with Crippen molar-refractivity contribution in [1.29, 1.82) is 0 Å². The quantitative estimate of drug-likeness (QED) is 0.212. The highest BCUT2D eigenvalue weighted by atomic mass is 28.4. The molecule has 1 unspecified atom stereocenters. The number of hydrogen-bond acceptors (Lipinski definition) is 6. The molecule has 0 radical (unpaired) electrons. The third-order valence-corrected chi connectivity index (χ3v) is 12.8. The fourth-order valence-electron chi connectivity index (χ4n) is 5.20. The van der Waals surface area contributed by atoms with Crippen molar-refractivity contribution in [3.8, 4) is 11.5 Å². The van der Waals surface area contributed by atoms with Crippen LogP contribution < -0.4 is 9.16 Å². The van der Waals surface area contributed by atoms with Gasteiger partial charge in [-0.3, -0.25) is 14.9 Å². The normalized spacial score (nSPS) is 17.7. The van der Waals surface area contributed by atoms with Crippen molar-refractivity contribution in [1.82, 2.24) is 4.90 Å². The molecule has 1 aromatic carbocycles. The summed E-state index contributed by atoms with van der Waals surface area (Å²) in [7, 11) is -1.05. The van der Waals surface area contributed by atoms with Crippen LogP contribution in [0.4, 0.5) is 5.69 Å². The summed E-state index contributed by atoms with van der Waals surface area (Å²) in [6, 6.07) is 1.48. The lowest BCUT2D eigenvalue weighted by Gasteiger charge is -2.42. The maximum atomic E-state index is 13.4. The molecule has 1 aromatic rings. The fourth-order valence-corrected chi connectivity index (χ4v) is 10.5. The van der Waals surface area contributed by atoms with Gasteiger partial charge in [-0.2, -0.15) is 0 Å². The minimum atomic E-state index is -2.47. The van der Waals surface area contributed by atoms with Crippen LogP contribution in [0.5, 0.6) is 11.5 Å². The summed E-state index contributed by atoms with van der Waals surface area (Å²) in [5.41, 5.74) is 0.798. The maximum absolute atomic E-state index is 13.4. The van der Waals surface area contributed by atoms with E-state index in [4.69, 9.17) is 9.16 Å². The third-order valence-electron chi connectivity index (χ3n) is 6.86. The highest BCUT2D eigenvalue weighted by Gasteiger charge is 2.48. The van der Waals surface area contributed by atoms with E-state index in [1.165, 1.54) is 19.2 Å². The highest BCUT2D eigenvalue weighted by Crippen LogP contribution is 2.46. The molecule has 0 saturated carbocycles. The molecule has 1 fully saturated rings. The molecule has 1 N–H and O–H groups in total. The van der Waals surface area contributed by atoms with Gasteiger partial charge in [0.2, 0.25) is 0 Å². The van der Waals surface area contributed by atoms with Crippen molar-refractivity contribution in [2.45, 2.75) is 77.6 Å². The maximum Gasteiger partial charge on any atom is 0.326 e. The first-order valence-electron chi connectivity index (χ1n) is 11.5. The van der Waals surface area contributed by atoms with E-state index in [0.717, 1.165) is 10.5 Å². The van der Waals surface area contributed by atoms with Crippen LogP contribution in [0.25, 0.3) is 0 Å². The lowest BCUT2D eigenvalue weighted by molar-refractivity contribution is -0.385. The summed E-state index contributed by atoms with van der Waals surface area (Å²) in [5, 5.41) is 21.6. The Morgan fingerprint density at radius 3 is 2.12 bits per heavy atom. The van der Waals surface area contributed by atoms with Gasteiger partial charge in [0.15, 0.2) is 11.5 Å². The molecule has 1 aliphatic rings. The first-order chi connectivity index (χ1) is 15.8. The van der Waals surface area contributed by atoms with Crippen LogP contribution in [0.15, 0.2) is 23.8 Å². The monoisotopic (exact) mass is 492 g/mol. The molecule has 0 bridgehead atoms. The number of amides is 1. The zero-order chi connectivity index (χ0) is 26.0. The fraction of sp³-hybridized carbons (Fsp3) is 0.583. The zero-order valence-electron chi connectivity index (χ0n) is 21.2. The molecule has 0 spiro atoms. The molecule has 1 aliphatic heterocycles. The molecule has 34 heavy (non-hydrogen) atoms. The summed E-state index contributed by atoms with van der Waals surface area (Å²) in [4.78, 5) is 37.7. The summed E-state index contributed by atoms with van der Waals surface area (Å²) in [6.45, 7) is 14.5. The van der Waals surface area contributed by atoms with Crippen LogP contribution in [-0.2, 0) is 4.79 Å². The average Bonchev–Trinajstić information content (AvgIpc) is 3.20. The molecule has 1 saturated heterocycles. The van der Waals surface area contributed by atoms with Gasteiger partial charge in [0, 0.05) is 19.0 Å². The topological polar surface area (TPSA) is 119 Å². The van der Waals surface area contributed by atoms with Gasteiger partial charge >= 0.3 is 5.97 Å². The number of carbonyl (C=O) groups excluding carboxylic acids is 1. The molecule has 1 amide bonds. The number of carbonyl (C=O) groups is 2. The average molecular weight is 493 g/mol. The minimum absolute atomic E-state index is 0.105. The van der Waals surface area contributed by atoms with Crippen LogP contribution in [0, 0.1) is 10.1 Å². The number of rotatable bonds is 9. The Hall–Kier alpha value is -2.88. The van der Waals surface area contributed by atoms with E-state index in [1.807, 2.05) is 0 Å². The molecule has 1 atom stereocenters. The number of ether oxygens (including phenoxy) is 1. The summed E-state index contributed by atoms with van der Waals surface area (Å²) in [6.07, 6.45) is 1.96. The summed E-state index contributed by atoms with van der Waals surface area (Å²) in [5.74, 6) is -1.42. The summed E-state index contributed by atoms with van der Waals surface area (Å²) < 4.78 is 12.1. The lowest BCUT2D eigenvalue weighted by Crippen LogP contribution is -2.50. The highest BCUT2D eigenvalue weighted by molar-refractivity contribution is 6.78. The number of nitro groups is 1. The molecule has 0 aliphatic carbocycles. The van der Waals surface area contributed by atoms with E-state index in [-0.39, 0.29) is 46.7 Å². The van der Waals surface area contributed by atoms with Crippen molar-refractivity contribution in [3.05, 3.63) is 39.5 Å². The van der Waals surface area contributed by atoms with Crippen LogP contribution in [-0.4, -0.2) is 54.8 Å². The number of allylic oxidation sites excluding steroid dienone is 1. The second-order valence-electron chi connectivity index (χ2n) is 9.64. The lowest BCUT2D eigenvalue weighted by atomic mass is 10.1. The van der Waals surface area contributed by atoms with Crippen LogP contribution in [0.2, 0.25) is 16.6 Å². The van der Waals surface area contributed by atoms with Gasteiger partial charge < -0.3 is 19.2 Å². The first kappa shape index (κ1) is 27.4. The number of hydrogen-bond donors (Lipinski definition) is 1. The van der Waals surface area contributed by atoms with E-state index in [9.17, 15) is 24.8 Å². The van der Waals surface area contributed by atoms with Gasteiger partial charge in [-0.15, -0.1) is 0 Å². The van der Waals surface area contributed by atoms with Gasteiger partial charge in [0.1, 0.15) is 11.6 Å². The van der Waals surface area contributed by atoms with E-state index in [1.54, 1.807) is 13.0 Å². The summed E-state index contributed by atoms with van der Waals surface area (Å²) >= 11 is 0. The standard InChI is InChI=1S/C24H36N2O7Si/c1-9-17-10-20(24(28)29)25(13-17)23(27)18-11-21(32-8)22(12-19(18)26(30)31)33-34(14(2)3,15(4)5)16(6)7/h9,11-12,14-16,20H,10,13H2,1-8H3,(H,28,29)/b17-9+. The van der Waals surface area contributed by atoms with E-state index < -0.39 is 36.8 Å². The largest absolute Gasteiger partial charge is 0.540 e. The number of carboxylic acids is 1. The van der Waals surface area contributed by atoms with Crippen LogP contribution in [0.3, 0.4) is 0 Å². The second-order valence-corrected chi connectivity index (χ2v) is 15.0. The van der Waals surface area contributed by atoms with Crippen LogP contribution in [0.1, 0.15) is 65.2 Å². The number of carboxylic acid groups (broad SMARTS) is 1. The van der Waals surface area contributed by atoms with E-state index in [0.29, 0.717) is 0 Å². The van der Waals surface area contributed by atoms with Gasteiger partial charge in [-0.05, 0) is 23.5 Å². The second kappa shape index (κ2) is 10.6. The molecule has 9 nitrogen and oxygen atoms in total. The van der Waals surface area contributed by atoms with Crippen molar-refractivity contribution in [3.63, 3.8) is 0 Å². The van der Waals surface area contributed by atoms with Gasteiger partial charge in [0.25, 0.3) is 19.9 Å². The predicted octanol–water partition coefficient (Wildman–Crippen LogP) is 5.40.